The highest BCUT2D eigenvalue weighted by molar-refractivity contribution is 5.04. The van der Waals surface area contributed by atoms with E-state index in [-0.39, 0.29) is 6.04 Å². The van der Waals surface area contributed by atoms with Crippen molar-refractivity contribution in [2.24, 2.45) is 0 Å². The lowest BCUT2D eigenvalue weighted by Crippen LogP contribution is -2.47. The molecule has 1 aromatic heterocycles. The van der Waals surface area contributed by atoms with Crippen molar-refractivity contribution in [2.45, 2.75) is 13.0 Å². The highest BCUT2D eigenvalue weighted by Crippen LogP contribution is 2.21. The second-order valence-electron chi connectivity index (χ2n) is 4.16. The molecule has 1 aromatic rings. The molecule has 0 aliphatic carbocycles. The Morgan fingerprint density at radius 1 is 1.50 bits per heavy atom. The van der Waals surface area contributed by atoms with Gasteiger partial charge in [0.1, 0.15) is 11.9 Å². The van der Waals surface area contributed by atoms with Crippen molar-refractivity contribution >= 4 is 0 Å². The highest BCUT2D eigenvalue weighted by Gasteiger charge is 2.28. The molecule has 5 nitrogen and oxygen atoms in total. The third kappa shape index (κ3) is 2.37. The van der Waals surface area contributed by atoms with Gasteiger partial charge in [0.25, 0.3) is 0 Å². The lowest BCUT2D eigenvalue weighted by Gasteiger charge is -2.38. The number of hydrazine groups is 1. The molecule has 2 heterocycles. The normalized spacial score (nSPS) is 22.6. The molecule has 2 rings (SSSR count). The summed E-state index contributed by atoms with van der Waals surface area (Å²) in [5.41, 5.74) is 0.995. The number of morpholine rings is 1. The van der Waals surface area contributed by atoms with E-state index < -0.39 is 0 Å². The third-order valence-electron chi connectivity index (χ3n) is 2.73. The lowest BCUT2D eigenvalue weighted by atomic mass is 10.2. The second kappa shape index (κ2) is 4.86. The molecule has 16 heavy (non-hydrogen) atoms. The molecule has 1 aliphatic heterocycles. The van der Waals surface area contributed by atoms with Crippen molar-refractivity contribution in [1.29, 1.82) is 0 Å². The summed E-state index contributed by atoms with van der Waals surface area (Å²) >= 11 is 0. The highest BCUT2D eigenvalue weighted by atomic mass is 16.5. The minimum atomic E-state index is 0.128. The zero-order valence-corrected chi connectivity index (χ0v) is 10.1. The first-order valence-corrected chi connectivity index (χ1v) is 5.49. The Hall–Kier alpha value is -1.04. The zero-order chi connectivity index (χ0) is 11.5. The fourth-order valence-corrected chi connectivity index (χ4v) is 1.91. The van der Waals surface area contributed by atoms with E-state index in [0.717, 1.165) is 24.7 Å². The van der Waals surface area contributed by atoms with Crippen molar-refractivity contribution < 1.29 is 4.74 Å². The van der Waals surface area contributed by atoms with Gasteiger partial charge in [-0.1, -0.05) is 0 Å². The first-order chi connectivity index (χ1) is 7.68. The van der Waals surface area contributed by atoms with E-state index in [1.165, 1.54) is 0 Å². The number of hydrogen-bond donors (Lipinski definition) is 0. The van der Waals surface area contributed by atoms with E-state index in [4.69, 9.17) is 4.74 Å². The van der Waals surface area contributed by atoms with Crippen LogP contribution in [0.4, 0.5) is 0 Å². The molecule has 5 heteroatoms. The Labute approximate surface area is 96.0 Å². The summed E-state index contributed by atoms with van der Waals surface area (Å²) in [5, 5.41) is 4.32. The maximum Gasteiger partial charge on any atom is 0.149 e. The van der Waals surface area contributed by atoms with Crippen molar-refractivity contribution in [3.63, 3.8) is 0 Å². The van der Waals surface area contributed by atoms with Crippen molar-refractivity contribution in [3.05, 3.63) is 23.8 Å². The fourth-order valence-electron chi connectivity index (χ4n) is 1.91. The molecule has 0 spiro atoms. The van der Waals surface area contributed by atoms with E-state index in [2.05, 4.69) is 20.0 Å². The van der Waals surface area contributed by atoms with Gasteiger partial charge in [-0.05, 0) is 13.0 Å². The molecule has 1 fully saturated rings. The molecule has 0 saturated carbocycles. The largest absolute Gasteiger partial charge is 0.378 e. The van der Waals surface area contributed by atoms with Crippen LogP contribution < -0.4 is 0 Å². The first kappa shape index (κ1) is 11.4. The van der Waals surface area contributed by atoms with E-state index in [1.807, 2.05) is 27.1 Å². The average Bonchev–Trinajstić information content (AvgIpc) is 2.29. The number of nitrogens with zero attached hydrogens (tertiary/aromatic N) is 4. The van der Waals surface area contributed by atoms with Gasteiger partial charge in [-0.15, -0.1) is 0 Å². The van der Waals surface area contributed by atoms with Crippen LogP contribution in [-0.4, -0.2) is 53.8 Å². The predicted octanol–water partition coefficient (Wildman–Crippen LogP) is 0.635. The summed E-state index contributed by atoms with van der Waals surface area (Å²) in [6, 6.07) is 2.04. The van der Waals surface area contributed by atoms with Gasteiger partial charge in [0.15, 0.2) is 0 Å². The number of rotatable bonds is 2. The van der Waals surface area contributed by atoms with E-state index >= 15 is 0 Å². The topological polar surface area (TPSA) is 41.5 Å². The Morgan fingerprint density at radius 2 is 2.31 bits per heavy atom. The number of ether oxygens (including phenoxy) is 1. The summed E-state index contributed by atoms with van der Waals surface area (Å²) in [6.07, 6.45) is 1.81. The van der Waals surface area contributed by atoms with Crippen molar-refractivity contribution in [3.8, 4) is 0 Å². The minimum absolute atomic E-state index is 0.128. The third-order valence-corrected chi connectivity index (χ3v) is 2.73. The van der Waals surface area contributed by atoms with E-state index in [1.54, 1.807) is 6.20 Å². The summed E-state index contributed by atoms with van der Waals surface area (Å²) < 4.78 is 5.51. The molecule has 0 N–H and O–H groups in total. The first-order valence-electron chi connectivity index (χ1n) is 5.49. The molecule has 0 bridgehead atoms. The van der Waals surface area contributed by atoms with Gasteiger partial charge in [0, 0.05) is 32.5 Å². The SMILES string of the molecule is Cc1ccnc(C2COCCN2N(C)C)n1. The lowest BCUT2D eigenvalue weighted by molar-refractivity contribution is -0.109. The van der Waals surface area contributed by atoms with Crippen LogP contribution in [0.2, 0.25) is 0 Å². The molecule has 0 aromatic carbocycles. The summed E-state index contributed by atoms with van der Waals surface area (Å²) in [7, 11) is 4.07. The molecule has 1 saturated heterocycles. The van der Waals surface area contributed by atoms with E-state index in [9.17, 15) is 0 Å². The molecular formula is C11H18N4O. The van der Waals surface area contributed by atoms with Gasteiger partial charge in [-0.2, -0.15) is 0 Å². The Bertz CT molecular complexity index is 356. The maximum atomic E-state index is 5.51. The Kier molecular flexibility index (Phi) is 3.48. The summed E-state index contributed by atoms with van der Waals surface area (Å²) in [4.78, 5) is 8.81. The molecule has 1 unspecified atom stereocenters. The molecule has 0 radical (unpaired) electrons. The van der Waals surface area contributed by atoms with Crippen LogP contribution in [0.3, 0.4) is 0 Å². The Balaban J connectivity index is 2.23. The monoisotopic (exact) mass is 222 g/mol. The van der Waals surface area contributed by atoms with Gasteiger partial charge < -0.3 is 4.74 Å². The summed E-state index contributed by atoms with van der Waals surface area (Å²) in [5.74, 6) is 0.841. The van der Waals surface area contributed by atoms with Gasteiger partial charge in [0.05, 0.1) is 13.2 Å². The predicted molar refractivity (Wildman–Crippen MR) is 60.7 cm³/mol. The standard InChI is InChI=1S/C11H18N4O/c1-9-4-5-12-11(13-9)10-8-16-7-6-15(10)14(2)3/h4-5,10H,6-8H2,1-3H3. The Morgan fingerprint density at radius 3 is 3.00 bits per heavy atom. The quantitative estimate of drug-likeness (QED) is 0.734. The van der Waals surface area contributed by atoms with Crippen LogP contribution in [-0.2, 0) is 4.74 Å². The van der Waals surface area contributed by atoms with Crippen LogP contribution in [0.1, 0.15) is 17.6 Å². The number of hydrogen-bond acceptors (Lipinski definition) is 5. The van der Waals surface area contributed by atoms with Gasteiger partial charge in [0.2, 0.25) is 0 Å². The van der Waals surface area contributed by atoms with Crippen LogP contribution in [0, 0.1) is 6.92 Å². The fraction of sp³-hybridized carbons (Fsp3) is 0.636. The molecule has 1 aliphatic rings. The van der Waals surface area contributed by atoms with Crippen LogP contribution >= 0.6 is 0 Å². The number of aryl methyl sites for hydroxylation is 1. The molecular weight excluding hydrogens is 204 g/mol. The molecule has 88 valence electrons. The zero-order valence-electron chi connectivity index (χ0n) is 10.1. The number of aromatic nitrogens is 2. The van der Waals surface area contributed by atoms with E-state index in [0.29, 0.717) is 6.61 Å². The molecule has 1 atom stereocenters. The minimum Gasteiger partial charge on any atom is -0.378 e. The van der Waals surface area contributed by atoms with Crippen molar-refractivity contribution in [2.75, 3.05) is 33.9 Å². The van der Waals surface area contributed by atoms with Gasteiger partial charge in [-0.3, -0.25) is 0 Å². The van der Waals surface area contributed by atoms with Gasteiger partial charge in [-0.25, -0.2) is 20.0 Å². The molecule has 0 amide bonds. The van der Waals surface area contributed by atoms with Crippen molar-refractivity contribution in [1.82, 2.24) is 20.0 Å². The summed E-state index contributed by atoms with van der Waals surface area (Å²) in [6.45, 7) is 4.28. The van der Waals surface area contributed by atoms with Crippen LogP contribution in [0.5, 0.6) is 0 Å². The van der Waals surface area contributed by atoms with Gasteiger partial charge >= 0.3 is 0 Å². The maximum absolute atomic E-state index is 5.51. The van der Waals surface area contributed by atoms with Crippen LogP contribution in [0.15, 0.2) is 12.3 Å². The second-order valence-corrected chi connectivity index (χ2v) is 4.16. The average molecular weight is 222 g/mol. The smallest absolute Gasteiger partial charge is 0.149 e. The van der Waals surface area contributed by atoms with Crippen LogP contribution in [0.25, 0.3) is 0 Å².